The number of hydrogen-bond acceptors (Lipinski definition) is 0. The normalized spacial score (nSPS) is 42.0. The summed E-state index contributed by atoms with van der Waals surface area (Å²) in [6.45, 7) is 2.34. The van der Waals surface area contributed by atoms with Crippen molar-refractivity contribution in [2.75, 3.05) is 13.1 Å². The average molecular weight is 185 g/mol. The molecule has 1 heterocycles. The SMILES string of the molecule is C1CC2CC2C[N-]1.[Y]. The molecule has 0 amide bonds. The molecule has 0 aromatic heterocycles. The van der Waals surface area contributed by atoms with Crippen LogP contribution in [0.2, 0.25) is 0 Å². The molecule has 1 saturated carbocycles. The first kappa shape index (κ1) is 7.17. The molecule has 0 aromatic carbocycles. The predicted molar refractivity (Wildman–Crippen MR) is 29.3 cm³/mol. The van der Waals surface area contributed by atoms with E-state index in [0.29, 0.717) is 0 Å². The molecule has 1 saturated heterocycles. The van der Waals surface area contributed by atoms with Crippen LogP contribution in [-0.2, 0) is 32.7 Å². The second-order valence-corrected chi connectivity index (χ2v) is 2.67. The first-order valence-electron chi connectivity index (χ1n) is 3.10. The molecular formula is C6H10NY-. The Morgan fingerprint density at radius 3 is 2.62 bits per heavy atom. The number of nitrogens with zero attached hydrogens (tertiary/aromatic N) is 1. The molecule has 2 aliphatic rings. The molecule has 1 aliphatic carbocycles. The average Bonchev–Trinajstić information content (AvgIpc) is 2.41. The van der Waals surface area contributed by atoms with Crippen LogP contribution in [0.3, 0.4) is 0 Å². The van der Waals surface area contributed by atoms with E-state index in [1.165, 1.54) is 19.4 Å². The summed E-state index contributed by atoms with van der Waals surface area (Å²) in [5, 5.41) is 4.30. The Morgan fingerprint density at radius 1 is 1.25 bits per heavy atom. The molecule has 0 bridgehead atoms. The van der Waals surface area contributed by atoms with Crippen molar-refractivity contribution < 1.29 is 32.7 Å². The Labute approximate surface area is 75.5 Å². The summed E-state index contributed by atoms with van der Waals surface area (Å²) >= 11 is 0. The molecule has 2 unspecified atom stereocenters. The minimum absolute atomic E-state index is 0. The molecular weight excluding hydrogens is 175 g/mol. The maximum atomic E-state index is 4.30. The van der Waals surface area contributed by atoms with Gasteiger partial charge in [0, 0.05) is 32.7 Å². The molecule has 2 fully saturated rings. The third-order valence-corrected chi connectivity index (χ3v) is 2.09. The van der Waals surface area contributed by atoms with E-state index in [9.17, 15) is 0 Å². The first-order chi connectivity index (χ1) is 3.47. The van der Waals surface area contributed by atoms with Gasteiger partial charge in [0.15, 0.2) is 0 Å². The maximum absolute atomic E-state index is 4.30. The third-order valence-electron chi connectivity index (χ3n) is 2.09. The quantitative estimate of drug-likeness (QED) is 0.541. The van der Waals surface area contributed by atoms with Crippen molar-refractivity contribution in [3.63, 3.8) is 0 Å². The Kier molecular flexibility index (Phi) is 2.48. The first-order valence-corrected chi connectivity index (χ1v) is 3.10. The van der Waals surface area contributed by atoms with Gasteiger partial charge in [-0.2, -0.15) is 0 Å². The van der Waals surface area contributed by atoms with Gasteiger partial charge in [0.1, 0.15) is 0 Å². The van der Waals surface area contributed by atoms with Gasteiger partial charge in [0.05, 0.1) is 0 Å². The van der Waals surface area contributed by atoms with Crippen LogP contribution >= 0.6 is 0 Å². The van der Waals surface area contributed by atoms with Crippen LogP contribution in [0.5, 0.6) is 0 Å². The summed E-state index contributed by atoms with van der Waals surface area (Å²) in [5.74, 6) is 2.14. The number of fused-ring (bicyclic) bond motifs is 1. The van der Waals surface area contributed by atoms with E-state index in [4.69, 9.17) is 0 Å². The largest absolute Gasteiger partial charge is 0.662 e. The minimum Gasteiger partial charge on any atom is -0.662 e. The van der Waals surface area contributed by atoms with Crippen LogP contribution in [0.4, 0.5) is 0 Å². The minimum atomic E-state index is 0. The number of rotatable bonds is 0. The van der Waals surface area contributed by atoms with E-state index < -0.39 is 0 Å². The second kappa shape index (κ2) is 2.76. The van der Waals surface area contributed by atoms with Crippen molar-refractivity contribution in [3.05, 3.63) is 5.32 Å². The van der Waals surface area contributed by atoms with Crippen LogP contribution in [0.1, 0.15) is 12.8 Å². The van der Waals surface area contributed by atoms with E-state index in [1.807, 2.05) is 0 Å². The molecule has 1 aliphatic heterocycles. The zero-order chi connectivity index (χ0) is 4.69. The summed E-state index contributed by atoms with van der Waals surface area (Å²) in [6.07, 6.45) is 2.88. The van der Waals surface area contributed by atoms with E-state index >= 15 is 0 Å². The van der Waals surface area contributed by atoms with Crippen molar-refractivity contribution in [1.82, 2.24) is 0 Å². The summed E-state index contributed by atoms with van der Waals surface area (Å²) in [4.78, 5) is 0. The van der Waals surface area contributed by atoms with E-state index in [1.54, 1.807) is 0 Å². The fraction of sp³-hybridized carbons (Fsp3) is 1.00. The van der Waals surface area contributed by atoms with Gasteiger partial charge in [0.25, 0.3) is 0 Å². The van der Waals surface area contributed by atoms with Crippen LogP contribution in [0, 0.1) is 11.8 Å². The standard InChI is InChI=1S/C6H10N.Y/c1-2-7-4-6-3-5(1)6;/h5-6H,1-4H2;/q-1;. The zero-order valence-electron chi connectivity index (χ0n) is 5.01. The molecule has 2 rings (SSSR count). The molecule has 2 heteroatoms. The van der Waals surface area contributed by atoms with Gasteiger partial charge in [-0.3, -0.25) is 0 Å². The van der Waals surface area contributed by atoms with Crippen molar-refractivity contribution in [2.45, 2.75) is 12.8 Å². The summed E-state index contributed by atoms with van der Waals surface area (Å²) in [5.41, 5.74) is 0. The van der Waals surface area contributed by atoms with Gasteiger partial charge in [-0.05, 0) is 12.3 Å². The van der Waals surface area contributed by atoms with Gasteiger partial charge >= 0.3 is 0 Å². The Hall–Kier alpha value is 1.06. The van der Waals surface area contributed by atoms with Crippen molar-refractivity contribution in [1.29, 1.82) is 0 Å². The van der Waals surface area contributed by atoms with Crippen molar-refractivity contribution >= 4 is 0 Å². The van der Waals surface area contributed by atoms with Crippen LogP contribution < -0.4 is 0 Å². The molecule has 1 radical (unpaired) electrons. The van der Waals surface area contributed by atoms with Crippen molar-refractivity contribution in [2.24, 2.45) is 11.8 Å². The van der Waals surface area contributed by atoms with Gasteiger partial charge in [-0.1, -0.05) is 12.3 Å². The van der Waals surface area contributed by atoms with E-state index in [2.05, 4.69) is 5.32 Å². The van der Waals surface area contributed by atoms with Crippen molar-refractivity contribution in [3.8, 4) is 0 Å². The number of piperidine rings is 1. The monoisotopic (exact) mass is 185 g/mol. The van der Waals surface area contributed by atoms with Gasteiger partial charge in [0.2, 0.25) is 0 Å². The number of hydrogen-bond donors (Lipinski definition) is 0. The molecule has 0 aromatic rings. The predicted octanol–water partition coefficient (Wildman–Crippen LogP) is 1.40. The Balaban J connectivity index is 0.000000320. The summed E-state index contributed by atoms with van der Waals surface area (Å²) in [6, 6.07) is 0. The van der Waals surface area contributed by atoms with Crippen LogP contribution in [-0.4, -0.2) is 13.1 Å². The summed E-state index contributed by atoms with van der Waals surface area (Å²) < 4.78 is 0. The topological polar surface area (TPSA) is 14.1 Å². The third kappa shape index (κ3) is 1.31. The Morgan fingerprint density at radius 2 is 2.12 bits per heavy atom. The van der Waals surface area contributed by atoms with Gasteiger partial charge in [-0.25, -0.2) is 0 Å². The summed E-state index contributed by atoms with van der Waals surface area (Å²) in [7, 11) is 0. The molecule has 0 spiro atoms. The fourth-order valence-corrected chi connectivity index (χ4v) is 1.40. The molecule has 8 heavy (non-hydrogen) atoms. The maximum Gasteiger partial charge on any atom is 0 e. The molecule has 2 atom stereocenters. The van der Waals surface area contributed by atoms with Crippen LogP contribution in [0.15, 0.2) is 0 Å². The van der Waals surface area contributed by atoms with E-state index in [0.717, 1.165) is 18.4 Å². The van der Waals surface area contributed by atoms with Gasteiger partial charge < -0.3 is 5.32 Å². The van der Waals surface area contributed by atoms with Gasteiger partial charge in [-0.15, -0.1) is 13.1 Å². The zero-order valence-corrected chi connectivity index (χ0v) is 7.85. The second-order valence-electron chi connectivity index (χ2n) is 2.67. The van der Waals surface area contributed by atoms with Crippen LogP contribution in [0.25, 0.3) is 5.32 Å². The Bertz CT molecular complexity index is 74.6. The molecule has 1 nitrogen and oxygen atoms in total. The van der Waals surface area contributed by atoms with E-state index in [-0.39, 0.29) is 32.7 Å². The smallest absolute Gasteiger partial charge is 0 e. The fourth-order valence-electron chi connectivity index (χ4n) is 1.40. The molecule has 43 valence electrons. The molecule has 0 N–H and O–H groups in total.